The lowest BCUT2D eigenvalue weighted by Gasteiger charge is -2.07. The van der Waals surface area contributed by atoms with Crippen LogP contribution in [0.3, 0.4) is 0 Å². The molecule has 0 spiro atoms. The van der Waals surface area contributed by atoms with E-state index in [9.17, 15) is 0 Å². The van der Waals surface area contributed by atoms with Crippen LogP contribution in [-0.2, 0) is 22.6 Å². The van der Waals surface area contributed by atoms with Crippen molar-refractivity contribution in [1.29, 1.82) is 0 Å². The number of nitrogens with one attached hydrogen (secondary N) is 1. The van der Waals surface area contributed by atoms with Crippen LogP contribution in [0.5, 0.6) is 0 Å². The predicted molar refractivity (Wildman–Crippen MR) is 69.3 cm³/mol. The van der Waals surface area contributed by atoms with Gasteiger partial charge in [-0.2, -0.15) is 5.10 Å². The van der Waals surface area contributed by atoms with Gasteiger partial charge in [0.05, 0.1) is 26.3 Å². The zero-order chi connectivity index (χ0) is 13.1. The van der Waals surface area contributed by atoms with E-state index in [-0.39, 0.29) is 0 Å². The minimum Gasteiger partial charge on any atom is -0.383 e. The van der Waals surface area contributed by atoms with Gasteiger partial charge >= 0.3 is 0 Å². The molecule has 0 aliphatic rings. The highest BCUT2D eigenvalue weighted by atomic mass is 16.5. The van der Waals surface area contributed by atoms with Gasteiger partial charge in [-0.25, -0.2) is 9.67 Å². The lowest BCUT2D eigenvalue weighted by molar-refractivity contribution is 0.120. The zero-order valence-electron chi connectivity index (χ0n) is 11.4. The molecule has 0 bridgehead atoms. The molecule has 18 heavy (non-hydrogen) atoms. The Hall–Kier alpha value is -0.980. The Labute approximate surface area is 109 Å². The van der Waals surface area contributed by atoms with Crippen LogP contribution in [0.15, 0.2) is 6.33 Å². The first-order valence-corrected chi connectivity index (χ1v) is 6.52. The van der Waals surface area contributed by atoms with Gasteiger partial charge in [-0.3, -0.25) is 0 Å². The first-order valence-electron chi connectivity index (χ1n) is 6.52. The maximum Gasteiger partial charge on any atom is 0.140 e. The summed E-state index contributed by atoms with van der Waals surface area (Å²) < 4.78 is 12.4. The Kier molecular flexibility index (Phi) is 8.37. The van der Waals surface area contributed by atoms with Crippen molar-refractivity contribution < 1.29 is 9.47 Å². The summed E-state index contributed by atoms with van der Waals surface area (Å²) in [5, 5.41) is 7.44. The molecule has 1 rings (SSSR count). The fraction of sp³-hybridized carbons (Fsp3) is 0.833. The number of ether oxygens (including phenoxy) is 2. The third-order valence-electron chi connectivity index (χ3n) is 2.55. The number of rotatable bonds is 11. The quantitative estimate of drug-likeness (QED) is 0.594. The summed E-state index contributed by atoms with van der Waals surface area (Å²) in [5.74, 6) is 0.935. The third-order valence-corrected chi connectivity index (χ3v) is 2.55. The van der Waals surface area contributed by atoms with Crippen molar-refractivity contribution in [3.63, 3.8) is 0 Å². The number of methoxy groups -OCH3 is 1. The van der Waals surface area contributed by atoms with Gasteiger partial charge in [0.15, 0.2) is 0 Å². The highest BCUT2D eigenvalue weighted by Gasteiger charge is 2.03. The minimum absolute atomic E-state index is 0.689. The van der Waals surface area contributed by atoms with E-state index in [4.69, 9.17) is 9.47 Å². The van der Waals surface area contributed by atoms with Gasteiger partial charge in [-0.1, -0.05) is 13.3 Å². The Morgan fingerprint density at radius 3 is 3.00 bits per heavy atom. The largest absolute Gasteiger partial charge is 0.383 e. The highest BCUT2D eigenvalue weighted by Crippen LogP contribution is 1.95. The highest BCUT2D eigenvalue weighted by molar-refractivity contribution is 4.83. The minimum atomic E-state index is 0.689. The van der Waals surface area contributed by atoms with Crippen molar-refractivity contribution in [2.75, 3.05) is 33.5 Å². The Morgan fingerprint density at radius 2 is 2.22 bits per heavy atom. The van der Waals surface area contributed by atoms with Crippen LogP contribution in [0.2, 0.25) is 0 Å². The smallest absolute Gasteiger partial charge is 0.140 e. The lowest BCUT2D eigenvalue weighted by atomic mass is 10.4. The van der Waals surface area contributed by atoms with Crippen LogP contribution in [-0.4, -0.2) is 48.2 Å². The molecule has 104 valence electrons. The number of aromatic nitrogens is 3. The summed E-state index contributed by atoms with van der Waals surface area (Å²) in [6.07, 6.45) is 3.86. The molecule has 6 heteroatoms. The molecular weight excluding hydrogens is 232 g/mol. The van der Waals surface area contributed by atoms with Crippen molar-refractivity contribution >= 4 is 0 Å². The summed E-state index contributed by atoms with van der Waals surface area (Å²) in [5.41, 5.74) is 0. The molecule has 0 unspecified atom stereocenters. The summed E-state index contributed by atoms with van der Waals surface area (Å²) in [6.45, 7) is 6.65. The van der Waals surface area contributed by atoms with E-state index in [0.29, 0.717) is 19.8 Å². The van der Waals surface area contributed by atoms with E-state index in [1.54, 1.807) is 13.4 Å². The van der Waals surface area contributed by atoms with Gasteiger partial charge in [0, 0.05) is 20.3 Å². The Balaban J connectivity index is 2.18. The van der Waals surface area contributed by atoms with Gasteiger partial charge in [-0.15, -0.1) is 0 Å². The first kappa shape index (κ1) is 15.1. The van der Waals surface area contributed by atoms with Crippen LogP contribution in [0.25, 0.3) is 0 Å². The van der Waals surface area contributed by atoms with Crippen molar-refractivity contribution in [2.45, 2.75) is 32.9 Å². The molecule has 0 radical (unpaired) electrons. The van der Waals surface area contributed by atoms with Crippen LogP contribution in [0, 0.1) is 0 Å². The predicted octanol–water partition coefficient (Wildman–Crippen LogP) is 0.831. The van der Waals surface area contributed by atoms with Crippen molar-refractivity contribution in [3.05, 3.63) is 12.2 Å². The molecule has 1 N–H and O–H groups in total. The molecule has 0 aliphatic carbocycles. The van der Waals surface area contributed by atoms with Crippen LogP contribution in [0.4, 0.5) is 0 Å². The number of unbranched alkanes of at least 4 members (excludes halogenated alkanes) is 1. The Morgan fingerprint density at radius 1 is 1.33 bits per heavy atom. The molecule has 1 aromatic rings. The normalized spacial score (nSPS) is 11.0. The molecule has 0 saturated carbocycles. The molecular formula is C12H24N4O2. The maximum atomic E-state index is 5.52. The summed E-state index contributed by atoms with van der Waals surface area (Å²) in [6, 6.07) is 0. The molecule has 6 nitrogen and oxygen atoms in total. The summed E-state index contributed by atoms with van der Waals surface area (Å²) in [7, 11) is 1.69. The van der Waals surface area contributed by atoms with Crippen LogP contribution < -0.4 is 5.32 Å². The van der Waals surface area contributed by atoms with E-state index in [2.05, 4.69) is 22.3 Å². The summed E-state index contributed by atoms with van der Waals surface area (Å²) in [4.78, 5) is 4.22. The monoisotopic (exact) mass is 256 g/mol. The second-order valence-corrected chi connectivity index (χ2v) is 4.03. The first-order chi connectivity index (χ1) is 8.88. The molecule has 0 saturated heterocycles. The van der Waals surface area contributed by atoms with E-state index >= 15 is 0 Å². The molecule has 1 heterocycles. The van der Waals surface area contributed by atoms with E-state index in [1.807, 2.05) is 4.68 Å². The summed E-state index contributed by atoms with van der Waals surface area (Å²) >= 11 is 0. The molecule has 0 atom stereocenters. The van der Waals surface area contributed by atoms with Crippen molar-refractivity contribution in [2.24, 2.45) is 0 Å². The molecule has 1 aromatic heterocycles. The fourth-order valence-electron chi connectivity index (χ4n) is 1.49. The molecule has 0 amide bonds. The van der Waals surface area contributed by atoms with Crippen LogP contribution in [0.1, 0.15) is 25.6 Å². The maximum absolute atomic E-state index is 5.52. The average Bonchev–Trinajstić information content (AvgIpc) is 2.82. The van der Waals surface area contributed by atoms with Gasteiger partial charge in [-0.05, 0) is 6.42 Å². The Bertz CT molecular complexity index is 304. The van der Waals surface area contributed by atoms with Gasteiger partial charge in [0.1, 0.15) is 12.2 Å². The zero-order valence-corrected chi connectivity index (χ0v) is 11.4. The lowest BCUT2D eigenvalue weighted by Crippen LogP contribution is -2.22. The van der Waals surface area contributed by atoms with Crippen LogP contribution >= 0.6 is 0 Å². The second kappa shape index (κ2) is 9.99. The molecule has 0 aliphatic heterocycles. The average molecular weight is 256 g/mol. The SMILES string of the molecule is CCCCOCCn1ncnc1CNCCOC. The topological polar surface area (TPSA) is 61.2 Å². The molecule has 0 fully saturated rings. The number of nitrogens with zero attached hydrogens (tertiary/aromatic N) is 3. The fourth-order valence-corrected chi connectivity index (χ4v) is 1.49. The van der Waals surface area contributed by atoms with Gasteiger partial charge in [0.25, 0.3) is 0 Å². The van der Waals surface area contributed by atoms with Gasteiger partial charge in [0.2, 0.25) is 0 Å². The van der Waals surface area contributed by atoms with Crippen molar-refractivity contribution in [3.8, 4) is 0 Å². The van der Waals surface area contributed by atoms with Gasteiger partial charge < -0.3 is 14.8 Å². The van der Waals surface area contributed by atoms with Crippen molar-refractivity contribution in [1.82, 2.24) is 20.1 Å². The number of hydrogen-bond acceptors (Lipinski definition) is 5. The van der Waals surface area contributed by atoms with E-state index < -0.39 is 0 Å². The second-order valence-electron chi connectivity index (χ2n) is 4.03. The standard InChI is InChI=1S/C12H24N4O2/c1-3-4-7-18-9-6-16-12(14-11-15-16)10-13-5-8-17-2/h11,13H,3-10H2,1-2H3. The van der Waals surface area contributed by atoms with E-state index in [1.165, 1.54) is 0 Å². The third kappa shape index (κ3) is 6.09. The molecule has 0 aromatic carbocycles. The number of hydrogen-bond donors (Lipinski definition) is 1. The van der Waals surface area contributed by atoms with E-state index in [0.717, 1.165) is 38.4 Å².